The smallest absolute Gasteiger partial charge is 0.195 e. The van der Waals surface area contributed by atoms with Crippen LogP contribution in [-0.4, -0.2) is 11.6 Å². The van der Waals surface area contributed by atoms with Crippen LogP contribution in [-0.2, 0) is 0 Å². The molecule has 5 N–H and O–H groups in total. The van der Waals surface area contributed by atoms with Crippen molar-refractivity contribution in [3.05, 3.63) is 47.2 Å². The molecule has 0 spiro atoms. The molecule has 2 atom stereocenters. The summed E-state index contributed by atoms with van der Waals surface area (Å²) < 4.78 is 0. The zero-order chi connectivity index (χ0) is 12.8. The predicted octanol–water partition coefficient (Wildman–Crippen LogP) is 1.41. The van der Waals surface area contributed by atoms with Gasteiger partial charge in [0.15, 0.2) is 5.96 Å². The van der Waals surface area contributed by atoms with Gasteiger partial charge in [0.05, 0.1) is 0 Å². The first-order valence-electron chi connectivity index (χ1n) is 6.27. The number of aliphatic imine (C=N–C) groups is 1. The molecule has 2 unspecified atom stereocenters. The maximum atomic E-state index is 6.23. The minimum Gasteiger partial charge on any atom is -0.370 e. The Morgan fingerprint density at radius 1 is 1.33 bits per heavy atom. The average Bonchev–Trinajstić information content (AvgIpc) is 2.73. The molecule has 0 saturated carbocycles. The number of nitrogens with one attached hydrogen (secondary N) is 1. The lowest BCUT2D eigenvalue weighted by Crippen LogP contribution is -2.47. The summed E-state index contributed by atoms with van der Waals surface area (Å²) in [6.07, 6.45) is 2.04. The van der Waals surface area contributed by atoms with E-state index in [1.807, 2.05) is 13.0 Å². The molecule has 0 aromatic heterocycles. The van der Waals surface area contributed by atoms with Crippen molar-refractivity contribution in [2.24, 2.45) is 16.5 Å². The minimum atomic E-state index is -0.659. The van der Waals surface area contributed by atoms with Crippen molar-refractivity contribution in [3.63, 3.8) is 0 Å². The van der Waals surface area contributed by atoms with Crippen LogP contribution in [0.1, 0.15) is 31.2 Å². The Balaban J connectivity index is 2.01. The van der Waals surface area contributed by atoms with Crippen molar-refractivity contribution in [2.75, 3.05) is 0 Å². The molecule has 4 heteroatoms. The normalized spacial score (nSPS) is 30.8. The van der Waals surface area contributed by atoms with E-state index in [1.165, 1.54) is 11.1 Å². The number of hydrogen-bond donors (Lipinski definition) is 3. The zero-order valence-corrected chi connectivity index (χ0v) is 10.5. The summed E-state index contributed by atoms with van der Waals surface area (Å²) in [6, 6.07) is 10.5. The first-order valence-corrected chi connectivity index (χ1v) is 6.27. The number of hydrogen-bond acceptors (Lipinski definition) is 4. The summed E-state index contributed by atoms with van der Waals surface area (Å²) in [5.74, 6) is 0.778. The highest BCUT2D eigenvalue weighted by molar-refractivity contribution is 5.82. The molecule has 18 heavy (non-hydrogen) atoms. The lowest BCUT2D eigenvalue weighted by Gasteiger charge is -2.30. The topological polar surface area (TPSA) is 76.4 Å². The summed E-state index contributed by atoms with van der Waals surface area (Å²) in [4.78, 5) is 4.29. The number of guanidine groups is 1. The monoisotopic (exact) mass is 242 g/mol. The molecule has 0 amide bonds. The summed E-state index contributed by atoms with van der Waals surface area (Å²) >= 11 is 0. The molecule has 1 aliphatic carbocycles. The van der Waals surface area contributed by atoms with Gasteiger partial charge in [-0.15, -0.1) is 0 Å². The van der Waals surface area contributed by atoms with Crippen LogP contribution in [0, 0.1) is 0 Å². The van der Waals surface area contributed by atoms with E-state index in [9.17, 15) is 0 Å². The molecule has 4 nitrogen and oxygen atoms in total. The molecule has 0 fully saturated rings. The first kappa shape index (κ1) is 11.3. The number of benzene rings is 1. The molecule has 3 rings (SSSR count). The van der Waals surface area contributed by atoms with Gasteiger partial charge in [-0.05, 0) is 30.9 Å². The molecule has 1 aromatic carbocycles. The summed E-state index contributed by atoms with van der Waals surface area (Å²) in [6.45, 7) is 1.92. The Labute approximate surface area is 107 Å². The lowest BCUT2D eigenvalue weighted by atomic mass is 9.95. The third-order valence-corrected chi connectivity index (χ3v) is 3.78. The van der Waals surface area contributed by atoms with Crippen LogP contribution >= 0.6 is 0 Å². The van der Waals surface area contributed by atoms with Crippen molar-refractivity contribution < 1.29 is 0 Å². The van der Waals surface area contributed by atoms with E-state index in [1.54, 1.807) is 0 Å². The minimum absolute atomic E-state index is 0.359. The van der Waals surface area contributed by atoms with Crippen molar-refractivity contribution >= 4 is 5.96 Å². The van der Waals surface area contributed by atoms with Crippen molar-refractivity contribution in [1.82, 2.24) is 5.32 Å². The molecule has 0 saturated heterocycles. The Morgan fingerprint density at radius 2 is 2.06 bits per heavy atom. The van der Waals surface area contributed by atoms with Crippen LogP contribution in [0.25, 0.3) is 0 Å². The van der Waals surface area contributed by atoms with Gasteiger partial charge in [-0.2, -0.15) is 0 Å². The Morgan fingerprint density at radius 3 is 2.78 bits per heavy atom. The Hall–Kier alpha value is -1.81. The highest BCUT2D eigenvalue weighted by Gasteiger charge is 2.38. The van der Waals surface area contributed by atoms with Crippen molar-refractivity contribution in [3.8, 4) is 0 Å². The van der Waals surface area contributed by atoms with Gasteiger partial charge in [-0.3, -0.25) is 0 Å². The van der Waals surface area contributed by atoms with Crippen LogP contribution in [0.2, 0.25) is 0 Å². The summed E-state index contributed by atoms with van der Waals surface area (Å²) in [5, 5.41) is 3.21. The second-order valence-electron chi connectivity index (χ2n) is 5.16. The van der Waals surface area contributed by atoms with E-state index in [4.69, 9.17) is 11.5 Å². The second-order valence-corrected chi connectivity index (χ2v) is 5.16. The average molecular weight is 242 g/mol. The molecule has 0 radical (unpaired) electrons. The van der Waals surface area contributed by atoms with Crippen molar-refractivity contribution in [2.45, 2.75) is 31.3 Å². The number of nitrogens with zero attached hydrogens (tertiary/aromatic N) is 1. The van der Waals surface area contributed by atoms with Gasteiger partial charge in [-0.25, -0.2) is 4.99 Å². The molecular formula is C14H18N4. The third kappa shape index (κ3) is 1.69. The Kier molecular flexibility index (Phi) is 2.41. The number of allylic oxidation sites excluding steroid dienone is 1. The van der Waals surface area contributed by atoms with Crippen LogP contribution in [0.3, 0.4) is 0 Å². The molecule has 1 heterocycles. The van der Waals surface area contributed by atoms with E-state index < -0.39 is 5.66 Å². The first-order chi connectivity index (χ1) is 8.58. The van der Waals surface area contributed by atoms with Crippen LogP contribution in [0.15, 0.2) is 46.6 Å². The SMILES string of the molecule is CC1(N)N=C(N)NC2=C1CCC2c1ccccc1. The van der Waals surface area contributed by atoms with E-state index >= 15 is 0 Å². The Bertz CT molecular complexity index is 528. The maximum Gasteiger partial charge on any atom is 0.195 e. The largest absolute Gasteiger partial charge is 0.370 e. The van der Waals surface area contributed by atoms with Gasteiger partial charge < -0.3 is 16.8 Å². The lowest BCUT2D eigenvalue weighted by molar-refractivity contribution is 0.547. The highest BCUT2D eigenvalue weighted by Crippen LogP contribution is 2.43. The van der Waals surface area contributed by atoms with Gasteiger partial charge in [0.25, 0.3) is 0 Å². The molecule has 0 bridgehead atoms. The number of rotatable bonds is 1. The van der Waals surface area contributed by atoms with Crippen molar-refractivity contribution in [1.29, 1.82) is 0 Å². The maximum absolute atomic E-state index is 6.23. The van der Waals surface area contributed by atoms with Gasteiger partial charge in [-0.1, -0.05) is 30.3 Å². The highest BCUT2D eigenvalue weighted by atomic mass is 15.2. The van der Waals surface area contributed by atoms with Gasteiger partial charge in [0.2, 0.25) is 0 Å². The summed E-state index contributed by atoms with van der Waals surface area (Å²) in [5.41, 5.74) is 15.0. The van der Waals surface area contributed by atoms with E-state index in [0.29, 0.717) is 11.9 Å². The van der Waals surface area contributed by atoms with Gasteiger partial charge in [0, 0.05) is 11.6 Å². The fourth-order valence-electron chi connectivity index (χ4n) is 2.97. The van der Waals surface area contributed by atoms with Crippen LogP contribution < -0.4 is 16.8 Å². The summed E-state index contributed by atoms with van der Waals surface area (Å²) in [7, 11) is 0. The molecular weight excluding hydrogens is 224 g/mol. The standard InChI is InChI=1S/C14H18N4/c1-14(16)11-8-7-10(9-5-3-2-4-6-9)12(11)17-13(15)18-14/h2-6,10H,7-8,16H2,1H3,(H3,15,17,18). The number of nitrogens with two attached hydrogens (primary N) is 2. The van der Waals surface area contributed by atoms with E-state index in [0.717, 1.165) is 18.5 Å². The predicted molar refractivity (Wildman–Crippen MR) is 72.8 cm³/mol. The molecule has 1 aromatic rings. The quantitative estimate of drug-likeness (QED) is 0.697. The van der Waals surface area contributed by atoms with E-state index in [-0.39, 0.29) is 0 Å². The zero-order valence-electron chi connectivity index (χ0n) is 10.5. The van der Waals surface area contributed by atoms with E-state index in [2.05, 4.69) is 34.6 Å². The third-order valence-electron chi connectivity index (χ3n) is 3.78. The molecule has 1 aliphatic heterocycles. The fraction of sp³-hybridized carbons (Fsp3) is 0.357. The molecule has 2 aliphatic rings. The van der Waals surface area contributed by atoms with Crippen LogP contribution in [0.5, 0.6) is 0 Å². The fourth-order valence-corrected chi connectivity index (χ4v) is 2.97. The second kappa shape index (κ2) is 3.85. The van der Waals surface area contributed by atoms with Crippen LogP contribution in [0.4, 0.5) is 0 Å². The van der Waals surface area contributed by atoms with Gasteiger partial charge >= 0.3 is 0 Å². The molecule has 94 valence electrons. The van der Waals surface area contributed by atoms with Gasteiger partial charge in [0.1, 0.15) is 5.66 Å².